The van der Waals surface area contributed by atoms with E-state index < -0.39 is 35.1 Å². The van der Waals surface area contributed by atoms with Crippen LogP contribution in [0.3, 0.4) is 0 Å². The van der Waals surface area contributed by atoms with E-state index in [1.165, 1.54) is 20.8 Å². The fraction of sp³-hybridized carbons (Fsp3) is 0.800. The third kappa shape index (κ3) is 3.30. The Morgan fingerprint density at radius 1 is 1.32 bits per heavy atom. The molecule has 1 saturated carbocycles. The SMILES string of the molecule is C=C(C)C(=O)OC1CCC1(C)OC(C)(C)C(C)(O)C(F)(F)F. The number of hydrogen-bond donors (Lipinski definition) is 1. The molecule has 4 nitrogen and oxygen atoms in total. The number of ether oxygens (including phenoxy) is 2. The van der Waals surface area contributed by atoms with Crippen LogP contribution in [0.2, 0.25) is 0 Å². The molecule has 0 heterocycles. The maximum Gasteiger partial charge on any atom is 0.419 e. The van der Waals surface area contributed by atoms with E-state index in [1.807, 2.05) is 0 Å². The predicted molar refractivity (Wildman–Crippen MR) is 74.2 cm³/mol. The molecule has 1 aliphatic carbocycles. The van der Waals surface area contributed by atoms with Gasteiger partial charge in [0.15, 0.2) is 5.60 Å². The highest BCUT2D eigenvalue weighted by Crippen LogP contribution is 2.47. The number of halogens is 3. The second kappa shape index (κ2) is 5.53. The molecule has 128 valence electrons. The van der Waals surface area contributed by atoms with Gasteiger partial charge in [-0.05, 0) is 47.5 Å². The molecule has 22 heavy (non-hydrogen) atoms. The summed E-state index contributed by atoms with van der Waals surface area (Å²) in [6, 6.07) is 0. The van der Waals surface area contributed by atoms with Gasteiger partial charge >= 0.3 is 12.1 Å². The number of esters is 1. The van der Waals surface area contributed by atoms with Crippen molar-refractivity contribution in [2.45, 2.75) is 76.5 Å². The van der Waals surface area contributed by atoms with E-state index in [9.17, 15) is 23.1 Å². The van der Waals surface area contributed by atoms with Gasteiger partial charge in [-0.25, -0.2) is 4.79 Å². The molecule has 0 bridgehead atoms. The van der Waals surface area contributed by atoms with Crippen LogP contribution in [0, 0.1) is 0 Å². The maximum atomic E-state index is 13.0. The summed E-state index contributed by atoms with van der Waals surface area (Å²) < 4.78 is 49.8. The van der Waals surface area contributed by atoms with E-state index in [1.54, 1.807) is 6.92 Å². The number of alkyl halides is 3. The molecule has 1 N–H and O–H groups in total. The maximum absolute atomic E-state index is 13.0. The average molecular weight is 324 g/mol. The van der Waals surface area contributed by atoms with Gasteiger partial charge in [0.05, 0.1) is 0 Å². The fourth-order valence-electron chi connectivity index (χ4n) is 2.22. The van der Waals surface area contributed by atoms with Crippen molar-refractivity contribution in [3.63, 3.8) is 0 Å². The Labute approximate surface area is 128 Å². The summed E-state index contributed by atoms with van der Waals surface area (Å²) in [5.41, 5.74) is -5.82. The predicted octanol–water partition coefficient (Wildman–Crippen LogP) is 3.14. The van der Waals surface area contributed by atoms with Gasteiger partial charge in [0.2, 0.25) is 0 Å². The van der Waals surface area contributed by atoms with Crippen LogP contribution < -0.4 is 0 Å². The Kier molecular flexibility index (Phi) is 4.76. The summed E-state index contributed by atoms with van der Waals surface area (Å²) in [5.74, 6) is -0.611. The third-order valence-corrected chi connectivity index (χ3v) is 4.39. The van der Waals surface area contributed by atoms with Crippen LogP contribution in [0.1, 0.15) is 47.5 Å². The van der Waals surface area contributed by atoms with Gasteiger partial charge in [-0.1, -0.05) is 6.58 Å². The molecule has 0 spiro atoms. The van der Waals surface area contributed by atoms with Crippen molar-refractivity contribution in [2.24, 2.45) is 0 Å². The quantitative estimate of drug-likeness (QED) is 0.623. The number of aliphatic hydroxyl groups is 1. The summed E-state index contributed by atoms with van der Waals surface area (Å²) in [5, 5.41) is 9.85. The third-order valence-electron chi connectivity index (χ3n) is 4.39. The molecule has 1 aliphatic rings. The lowest BCUT2D eigenvalue weighted by atomic mass is 9.76. The molecular weight excluding hydrogens is 301 g/mol. The first-order valence-electron chi connectivity index (χ1n) is 7.00. The van der Waals surface area contributed by atoms with Gasteiger partial charge in [0, 0.05) is 5.57 Å². The molecular formula is C15H23F3O4. The molecule has 1 rings (SSSR count). The summed E-state index contributed by atoms with van der Waals surface area (Å²) in [7, 11) is 0. The Bertz CT molecular complexity index is 468. The minimum absolute atomic E-state index is 0.204. The van der Waals surface area contributed by atoms with Gasteiger partial charge in [0.1, 0.15) is 17.3 Å². The van der Waals surface area contributed by atoms with Crippen LogP contribution in [0.15, 0.2) is 12.2 Å². The smallest absolute Gasteiger partial charge is 0.419 e. The van der Waals surface area contributed by atoms with Crippen LogP contribution in [0.4, 0.5) is 13.2 Å². The Morgan fingerprint density at radius 3 is 2.14 bits per heavy atom. The molecule has 1 fully saturated rings. The molecule has 0 aromatic rings. The fourth-order valence-corrected chi connectivity index (χ4v) is 2.22. The summed E-state index contributed by atoms with van der Waals surface area (Å²) in [6.45, 7) is 9.52. The molecule has 0 radical (unpaired) electrons. The Hall–Kier alpha value is -1.08. The van der Waals surface area contributed by atoms with E-state index >= 15 is 0 Å². The van der Waals surface area contributed by atoms with E-state index in [2.05, 4.69) is 6.58 Å². The van der Waals surface area contributed by atoms with Crippen molar-refractivity contribution < 1.29 is 32.5 Å². The van der Waals surface area contributed by atoms with Crippen LogP contribution in [-0.2, 0) is 14.3 Å². The van der Waals surface area contributed by atoms with Crippen molar-refractivity contribution >= 4 is 5.97 Å². The lowest BCUT2D eigenvalue weighted by molar-refractivity contribution is -0.344. The highest BCUT2D eigenvalue weighted by Gasteiger charge is 2.63. The second-order valence-electron chi connectivity index (χ2n) is 6.71. The number of rotatable bonds is 5. The van der Waals surface area contributed by atoms with Crippen molar-refractivity contribution in [3.8, 4) is 0 Å². The molecule has 3 atom stereocenters. The van der Waals surface area contributed by atoms with E-state index in [-0.39, 0.29) is 5.57 Å². The standard InChI is InChI=1S/C15H23F3O4/c1-9(2)11(19)21-10-7-8-13(10,5)22-12(3,4)14(6,20)15(16,17)18/h10,20H,1,7-8H2,2-6H3. The van der Waals surface area contributed by atoms with E-state index in [0.29, 0.717) is 19.8 Å². The molecule has 0 aliphatic heterocycles. The van der Waals surface area contributed by atoms with Gasteiger partial charge in [-0.15, -0.1) is 0 Å². The number of carbonyl (C=O) groups excluding carboxylic acids is 1. The van der Waals surface area contributed by atoms with Gasteiger partial charge in [-0.3, -0.25) is 0 Å². The van der Waals surface area contributed by atoms with E-state index in [0.717, 1.165) is 0 Å². The first-order valence-corrected chi connectivity index (χ1v) is 7.00. The molecule has 0 saturated heterocycles. The monoisotopic (exact) mass is 324 g/mol. The van der Waals surface area contributed by atoms with Crippen LogP contribution in [-0.4, -0.2) is 40.2 Å². The minimum Gasteiger partial charge on any atom is -0.456 e. The largest absolute Gasteiger partial charge is 0.456 e. The first-order chi connectivity index (χ1) is 9.64. The molecule has 0 amide bonds. The van der Waals surface area contributed by atoms with Crippen molar-refractivity contribution in [3.05, 3.63) is 12.2 Å². The Balaban J connectivity index is 2.88. The Morgan fingerprint density at radius 2 is 1.82 bits per heavy atom. The highest BCUT2D eigenvalue weighted by molar-refractivity contribution is 5.87. The highest BCUT2D eigenvalue weighted by atomic mass is 19.4. The summed E-state index contributed by atoms with van der Waals surface area (Å²) >= 11 is 0. The van der Waals surface area contributed by atoms with Crippen molar-refractivity contribution in [1.82, 2.24) is 0 Å². The van der Waals surface area contributed by atoms with E-state index in [4.69, 9.17) is 9.47 Å². The topological polar surface area (TPSA) is 55.8 Å². The van der Waals surface area contributed by atoms with Crippen molar-refractivity contribution in [2.75, 3.05) is 0 Å². The molecule has 0 aromatic heterocycles. The average Bonchev–Trinajstić information content (AvgIpc) is 2.31. The summed E-state index contributed by atoms with van der Waals surface area (Å²) in [4.78, 5) is 11.5. The first kappa shape index (κ1) is 19.0. The summed E-state index contributed by atoms with van der Waals surface area (Å²) in [6.07, 6.45) is -4.60. The van der Waals surface area contributed by atoms with Crippen molar-refractivity contribution in [1.29, 1.82) is 0 Å². The molecule has 0 aromatic carbocycles. The zero-order valence-corrected chi connectivity index (χ0v) is 13.5. The molecule has 3 unspecified atom stereocenters. The van der Waals surface area contributed by atoms with Gasteiger partial charge in [0.25, 0.3) is 0 Å². The van der Waals surface area contributed by atoms with Gasteiger partial charge in [-0.2, -0.15) is 13.2 Å². The zero-order chi connectivity index (χ0) is 17.6. The lowest BCUT2D eigenvalue weighted by Crippen LogP contribution is -2.65. The number of carbonyl (C=O) groups is 1. The van der Waals surface area contributed by atoms with Crippen LogP contribution >= 0.6 is 0 Å². The second-order valence-corrected chi connectivity index (χ2v) is 6.71. The van der Waals surface area contributed by atoms with Crippen LogP contribution in [0.25, 0.3) is 0 Å². The normalized spacial score (nSPS) is 28.5. The van der Waals surface area contributed by atoms with Crippen LogP contribution in [0.5, 0.6) is 0 Å². The zero-order valence-electron chi connectivity index (χ0n) is 13.5. The molecule has 7 heteroatoms. The van der Waals surface area contributed by atoms with Gasteiger partial charge < -0.3 is 14.6 Å². The minimum atomic E-state index is -4.85. The number of hydrogen-bond acceptors (Lipinski definition) is 4. The lowest BCUT2D eigenvalue weighted by Gasteiger charge is -2.52.